The Morgan fingerprint density at radius 2 is 0.731 bits per heavy atom. The molecule has 2 atom stereocenters. The molecule has 0 amide bonds. The lowest BCUT2D eigenvalue weighted by atomic mass is 9.93. The summed E-state index contributed by atoms with van der Waals surface area (Å²) < 4.78 is 5.51. The second kappa shape index (κ2) is 16.7. The Morgan fingerprint density at radius 3 is 1.12 bits per heavy atom. The minimum atomic E-state index is 0.801. The summed E-state index contributed by atoms with van der Waals surface area (Å²) in [4.78, 5) is 0. The Morgan fingerprint density at radius 1 is 0.365 bits per heavy atom. The fourth-order valence-electron chi connectivity index (χ4n) is 8.00. The quantitative estimate of drug-likeness (QED) is 0.0931. The molecule has 2 heteroatoms. The van der Waals surface area contributed by atoms with Crippen LogP contribution in [0.15, 0.2) is 97.1 Å². The van der Waals surface area contributed by atoms with Crippen molar-refractivity contribution in [3.05, 3.63) is 108 Å². The molecule has 7 aromatic rings. The number of hydrogen-bond donors (Lipinski definition) is 0. The molecule has 52 heavy (non-hydrogen) atoms. The first-order valence-electron chi connectivity index (χ1n) is 20.2. The van der Waals surface area contributed by atoms with E-state index in [-0.39, 0.29) is 0 Å². The van der Waals surface area contributed by atoms with Crippen molar-refractivity contribution < 1.29 is 0 Å². The Hall–Kier alpha value is -3.46. The average Bonchev–Trinajstić information content (AvgIpc) is 3.68. The van der Waals surface area contributed by atoms with E-state index in [1.165, 1.54) is 138 Å². The van der Waals surface area contributed by atoms with Gasteiger partial charge in [-0.3, -0.25) is 0 Å². The molecule has 0 saturated carbocycles. The van der Waals surface area contributed by atoms with Crippen LogP contribution < -0.4 is 0 Å². The Kier molecular flexibility index (Phi) is 11.8. The number of aryl methyl sites for hydroxylation is 2. The molecule has 0 radical (unpaired) electrons. The van der Waals surface area contributed by atoms with Crippen LogP contribution in [-0.2, 0) is 12.8 Å². The van der Waals surface area contributed by atoms with Crippen LogP contribution in [0.4, 0.5) is 0 Å². The summed E-state index contributed by atoms with van der Waals surface area (Å²) in [6, 6.07) is 37.8. The van der Waals surface area contributed by atoms with E-state index >= 15 is 0 Å². The van der Waals surface area contributed by atoms with Crippen LogP contribution in [-0.4, -0.2) is 0 Å². The summed E-state index contributed by atoms with van der Waals surface area (Å²) in [6.07, 6.45) is 13.1. The molecule has 7 rings (SSSR count). The molecule has 0 saturated heterocycles. The lowest BCUT2D eigenvalue weighted by Crippen LogP contribution is -1.99. The van der Waals surface area contributed by atoms with Crippen LogP contribution in [0.5, 0.6) is 0 Å². The maximum atomic E-state index is 2.45. The van der Waals surface area contributed by atoms with Gasteiger partial charge in [0.15, 0.2) is 0 Å². The zero-order valence-electron chi connectivity index (χ0n) is 32.4. The molecule has 0 N–H and O–H groups in total. The average molecular weight is 723 g/mol. The van der Waals surface area contributed by atoms with Crippen molar-refractivity contribution in [3.63, 3.8) is 0 Å². The van der Waals surface area contributed by atoms with Gasteiger partial charge < -0.3 is 0 Å². The van der Waals surface area contributed by atoms with Crippen molar-refractivity contribution in [2.75, 3.05) is 0 Å². The Balaban J connectivity index is 1.03. The monoisotopic (exact) mass is 722 g/mol. The van der Waals surface area contributed by atoms with Gasteiger partial charge in [0, 0.05) is 40.3 Å². The van der Waals surface area contributed by atoms with Gasteiger partial charge in [-0.25, -0.2) is 0 Å². The van der Waals surface area contributed by atoms with Crippen LogP contribution in [0.3, 0.4) is 0 Å². The lowest BCUT2D eigenvalue weighted by molar-refractivity contribution is 0.437. The van der Waals surface area contributed by atoms with Crippen molar-refractivity contribution in [3.8, 4) is 22.3 Å². The first kappa shape index (κ1) is 36.9. The first-order valence-corrected chi connectivity index (χ1v) is 21.8. The molecular formula is C50H58S2. The predicted molar refractivity (Wildman–Crippen MR) is 235 cm³/mol. The van der Waals surface area contributed by atoms with Gasteiger partial charge in [0.25, 0.3) is 0 Å². The minimum Gasteiger partial charge on any atom is -0.135 e. The van der Waals surface area contributed by atoms with Crippen molar-refractivity contribution in [2.45, 2.75) is 106 Å². The van der Waals surface area contributed by atoms with E-state index in [0.717, 1.165) is 23.7 Å². The summed E-state index contributed by atoms with van der Waals surface area (Å²) in [5, 5.41) is 5.51. The van der Waals surface area contributed by atoms with Gasteiger partial charge in [0.1, 0.15) is 0 Å². The topological polar surface area (TPSA) is 0 Å². The zero-order chi connectivity index (χ0) is 36.2. The molecule has 0 aliphatic carbocycles. The number of fused-ring (bicyclic) bond motifs is 6. The third-order valence-corrected chi connectivity index (χ3v) is 13.7. The maximum Gasteiger partial charge on any atom is 0.0362 e. The van der Waals surface area contributed by atoms with Crippen LogP contribution in [0.2, 0.25) is 0 Å². The van der Waals surface area contributed by atoms with Crippen molar-refractivity contribution in [1.29, 1.82) is 0 Å². The Bertz CT molecular complexity index is 2060. The van der Waals surface area contributed by atoms with E-state index in [2.05, 4.69) is 139 Å². The van der Waals surface area contributed by atoms with E-state index in [9.17, 15) is 0 Å². The number of benzene rings is 5. The van der Waals surface area contributed by atoms with Crippen LogP contribution in [0, 0.1) is 23.7 Å². The van der Waals surface area contributed by atoms with Gasteiger partial charge in [0.2, 0.25) is 0 Å². The number of rotatable bonds is 16. The molecule has 0 aliphatic rings. The zero-order valence-corrected chi connectivity index (χ0v) is 34.1. The predicted octanol–water partition coefficient (Wildman–Crippen LogP) is 16.5. The van der Waals surface area contributed by atoms with Crippen LogP contribution >= 0.6 is 22.7 Å². The third-order valence-electron chi connectivity index (χ3n) is 11.4. The van der Waals surface area contributed by atoms with Gasteiger partial charge in [-0.1, -0.05) is 153 Å². The summed E-state index contributed by atoms with van der Waals surface area (Å²) in [7, 11) is 0. The molecule has 0 bridgehead atoms. The summed E-state index contributed by atoms with van der Waals surface area (Å²) in [5.74, 6) is 3.24. The molecule has 2 heterocycles. The molecule has 0 aliphatic heterocycles. The normalized spacial score (nSPS) is 13.4. The fourth-order valence-corrected chi connectivity index (χ4v) is 10.3. The molecule has 2 aromatic heterocycles. The van der Waals surface area contributed by atoms with Gasteiger partial charge in [0.05, 0.1) is 0 Å². The fraction of sp³-hybridized carbons (Fsp3) is 0.400. The number of hydrogen-bond acceptors (Lipinski definition) is 2. The lowest BCUT2D eigenvalue weighted by Gasteiger charge is -2.12. The first-order chi connectivity index (χ1) is 25.2. The maximum absolute atomic E-state index is 2.45. The highest BCUT2D eigenvalue weighted by atomic mass is 32.1. The molecule has 2 unspecified atom stereocenters. The highest BCUT2D eigenvalue weighted by molar-refractivity contribution is 7.27. The summed E-state index contributed by atoms with van der Waals surface area (Å²) >= 11 is 3.87. The van der Waals surface area contributed by atoms with Gasteiger partial charge in [-0.15, -0.1) is 22.7 Å². The highest BCUT2D eigenvalue weighted by Gasteiger charge is 2.13. The minimum absolute atomic E-state index is 0.801. The number of thiophene rings is 2. The summed E-state index contributed by atoms with van der Waals surface area (Å²) in [5.41, 5.74) is 8.17. The van der Waals surface area contributed by atoms with E-state index < -0.39 is 0 Å². The smallest absolute Gasteiger partial charge is 0.0362 e. The molecular weight excluding hydrogens is 665 g/mol. The third kappa shape index (κ3) is 8.83. The SMILES string of the molecule is CC(C)CCCC(C)CCc1ccc(-c2ccc3c(c2)sc2cc4c(cc23)sc2cc(-c3ccc(CCC(C)CCCC(C)C)cc3)ccc24)cc1. The van der Waals surface area contributed by atoms with E-state index in [1.54, 1.807) is 0 Å². The second-order valence-electron chi connectivity index (χ2n) is 16.8. The van der Waals surface area contributed by atoms with Crippen molar-refractivity contribution in [1.82, 2.24) is 0 Å². The second-order valence-corrected chi connectivity index (χ2v) is 19.0. The largest absolute Gasteiger partial charge is 0.135 e. The van der Waals surface area contributed by atoms with Crippen molar-refractivity contribution in [2.24, 2.45) is 23.7 Å². The van der Waals surface area contributed by atoms with Crippen molar-refractivity contribution >= 4 is 63.0 Å². The Labute approximate surface area is 321 Å². The molecule has 270 valence electrons. The van der Waals surface area contributed by atoms with Gasteiger partial charge in [-0.2, -0.15) is 0 Å². The van der Waals surface area contributed by atoms with Gasteiger partial charge >= 0.3 is 0 Å². The van der Waals surface area contributed by atoms with E-state index in [1.807, 2.05) is 22.7 Å². The van der Waals surface area contributed by atoms with Gasteiger partial charge in [-0.05, 0) is 107 Å². The summed E-state index contributed by atoms with van der Waals surface area (Å²) in [6.45, 7) is 14.2. The molecule has 5 aromatic carbocycles. The standard InChI is InChI=1S/C50H58S2/c1-33(2)9-7-11-35(5)13-15-37-17-21-39(22-18-37)41-25-27-43-45-31-50-46(32-49(45)51-47(43)29-41)44-28-26-42(30-48(44)52-50)40-23-19-38(20-24-40)16-14-36(6)12-8-10-34(3)4/h17-36H,7-16H2,1-6H3. The molecule has 0 nitrogen and oxygen atoms in total. The molecule has 0 fully saturated rings. The van der Waals surface area contributed by atoms with Crippen LogP contribution in [0.25, 0.3) is 62.6 Å². The highest BCUT2D eigenvalue weighted by Crippen LogP contribution is 2.43. The van der Waals surface area contributed by atoms with E-state index in [4.69, 9.17) is 0 Å². The van der Waals surface area contributed by atoms with E-state index in [0.29, 0.717) is 0 Å². The van der Waals surface area contributed by atoms with Crippen LogP contribution in [0.1, 0.15) is 104 Å². The molecule has 0 spiro atoms.